The van der Waals surface area contributed by atoms with Gasteiger partial charge in [-0.3, -0.25) is 0 Å². The van der Waals surface area contributed by atoms with E-state index in [-0.39, 0.29) is 0 Å². The Labute approximate surface area is 109 Å². The van der Waals surface area contributed by atoms with E-state index in [0.717, 1.165) is 24.2 Å². The van der Waals surface area contributed by atoms with Gasteiger partial charge in [0, 0.05) is 11.4 Å². The van der Waals surface area contributed by atoms with E-state index in [1.54, 1.807) is 0 Å². The Morgan fingerprint density at radius 2 is 1.11 bits per heavy atom. The van der Waals surface area contributed by atoms with Crippen LogP contribution in [0, 0.1) is 0 Å². The average molecular weight is 240 g/mol. The zero-order valence-corrected chi connectivity index (χ0v) is 11.0. The van der Waals surface area contributed by atoms with Crippen LogP contribution in [0.5, 0.6) is 0 Å². The van der Waals surface area contributed by atoms with Crippen molar-refractivity contribution in [1.29, 1.82) is 0 Å². The van der Waals surface area contributed by atoms with Crippen molar-refractivity contribution in [2.45, 2.75) is 26.7 Å². The molecule has 18 heavy (non-hydrogen) atoms. The number of nitrogens with two attached hydrogens (primary N) is 2. The van der Waals surface area contributed by atoms with Crippen LogP contribution in [-0.2, 0) is 12.8 Å². The van der Waals surface area contributed by atoms with Gasteiger partial charge in [0.05, 0.1) is 0 Å². The zero-order chi connectivity index (χ0) is 13.1. The lowest BCUT2D eigenvalue weighted by atomic mass is 9.92. The van der Waals surface area contributed by atoms with Gasteiger partial charge in [-0.1, -0.05) is 26.0 Å². The zero-order valence-electron chi connectivity index (χ0n) is 11.0. The summed E-state index contributed by atoms with van der Waals surface area (Å²) in [6.45, 7) is 4.31. The predicted molar refractivity (Wildman–Crippen MR) is 79.5 cm³/mol. The molecule has 0 amide bonds. The summed E-state index contributed by atoms with van der Waals surface area (Å²) in [4.78, 5) is 0. The van der Waals surface area contributed by atoms with Crippen LogP contribution in [0.25, 0.3) is 11.1 Å². The van der Waals surface area contributed by atoms with E-state index in [4.69, 9.17) is 11.5 Å². The highest BCUT2D eigenvalue weighted by molar-refractivity contribution is 5.74. The molecule has 2 heteroatoms. The van der Waals surface area contributed by atoms with E-state index in [0.29, 0.717) is 0 Å². The Morgan fingerprint density at radius 1 is 0.722 bits per heavy atom. The maximum absolute atomic E-state index is 5.86. The molecule has 0 fully saturated rings. The fourth-order valence-corrected chi connectivity index (χ4v) is 2.34. The first-order valence-corrected chi connectivity index (χ1v) is 6.42. The fraction of sp³-hybridized carbons (Fsp3) is 0.250. The van der Waals surface area contributed by atoms with Crippen molar-refractivity contribution < 1.29 is 0 Å². The Morgan fingerprint density at radius 3 is 1.44 bits per heavy atom. The molecule has 2 aromatic carbocycles. The minimum atomic E-state index is 0.823. The van der Waals surface area contributed by atoms with Crippen molar-refractivity contribution in [2.75, 3.05) is 11.5 Å². The molecule has 0 aliphatic rings. The first kappa shape index (κ1) is 12.5. The van der Waals surface area contributed by atoms with Gasteiger partial charge in [-0.05, 0) is 59.4 Å². The number of nitrogen functional groups attached to an aromatic ring is 2. The second kappa shape index (κ2) is 5.13. The van der Waals surface area contributed by atoms with Gasteiger partial charge in [0.15, 0.2) is 0 Å². The predicted octanol–water partition coefficient (Wildman–Crippen LogP) is 3.64. The van der Waals surface area contributed by atoms with E-state index in [1.165, 1.54) is 22.3 Å². The molecule has 0 aliphatic carbocycles. The average Bonchev–Trinajstić information content (AvgIpc) is 2.38. The van der Waals surface area contributed by atoms with E-state index < -0.39 is 0 Å². The first-order valence-electron chi connectivity index (χ1n) is 6.42. The van der Waals surface area contributed by atoms with Gasteiger partial charge in [0.25, 0.3) is 0 Å². The molecule has 0 atom stereocenters. The molecule has 0 aromatic heterocycles. The Kier molecular flexibility index (Phi) is 3.56. The number of benzene rings is 2. The quantitative estimate of drug-likeness (QED) is 0.805. The van der Waals surface area contributed by atoms with Crippen LogP contribution in [0.2, 0.25) is 0 Å². The number of rotatable bonds is 3. The van der Waals surface area contributed by atoms with Crippen molar-refractivity contribution in [3.05, 3.63) is 47.5 Å². The highest BCUT2D eigenvalue weighted by Crippen LogP contribution is 2.30. The molecule has 0 aliphatic heterocycles. The van der Waals surface area contributed by atoms with Crippen LogP contribution in [0.4, 0.5) is 11.4 Å². The topological polar surface area (TPSA) is 52.0 Å². The Hall–Kier alpha value is -1.96. The molecule has 0 saturated heterocycles. The van der Waals surface area contributed by atoms with Gasteiger partial charge in [0.2, 0.25) is 0 Å². The van der Waals surface area contributed by atoms with Gasteiger partial charge in [-0.2, -0.15) is 0 Å². The molecule has 0 unspecified atom stereocenters. The van der Waals surface area contributed by atoms with E-state index in [2.05, 4.69) is 38.1 Å². The monoisotopic (exact) mass is 240 g/mol. The smallest absolute Gasteiger partial charge is 0.0317 e. The van der Waals surface area contributed by atoms with Crippen molar-refractivity contribution in [1.82, 2.24) is 0 Å². The molecular formula is C16H20N2. The molecule has 2 aromatic rings. The number of hydrogen-bond acceptors (Lipinski definition) is 2. The lowest BCUT2D eigenvalue weighted by molar-refractivity contribution is 1.12. The molecule has 94 valence electrons. The van der Waals surface area contributed by atoms with Gasteiger partial charge < -0.3 is 11.5 Å². The molecule has 0 spiro atoms. The molecule has 0 saturated carbocycles. The normalized spacial score (nSPS) is 10.6. The SMILES string of the molecule is CCc1cc(N)ccc1-c1ccc(N)cc1CC. The molecular weight excluding hydrogens is 220 g/mol. The lowest BCUT2D eigenvalue weighted by Gasteiger charge is -2.13. The molecule has 0 bridgehead atoms. The third-order valence-electron chi connectivity index (χ3n) is 3.31. The van der Waals surface area contributed by atoms with E-state index >= 15 is 0 Å². The maximum atomic E-state index is 5.86. The molecule has 4 N–H and O–H groups in total. The minimum absolute atomic E-state index is 0.823. The van der Waals surface area contributed by atoms with Crippen LogP contribution in [-0.4, -0.2) is 0 Å². The summed E-state index contributed by atoms with van der Waals surface area (Å²) in [5, 5.41) is 0. The Balaban J connectivity index is 2.61. The van der Waals surface area contributed by atoms with Crippen LogP contribution in [0.3, 0.4) is 0 Å². The summed E-state index contributed by atoms with van der Waals surface area (Å²) < 4.78 is 0. The van der Waals surface area contributed by atoms with Crippen molar-refractivity contribution in [2.24, 2.45) is 0 Å². The van der Waals surface area contributed by atoms with Crippen LogP contribution in [0.1, 0.15) is 25.0 Å². The summed E-state index contributed by atoms with van der Waals surface area (Å²) in [5.41, 5.74) is 18.5. The lowest BCUT2D eigenvalue weighted by Crippen LogP contribution is -1.96. The molecule has 0 radical (unpaired) electrons. The summed E-state index contributed by atoms with van der Waals surface area (Å²) in [7, 11) is 0. The van der Waals surface area contributed by atoms with Crippen LogP contribution >= 0.6 is 0 Å². The number of aryl methyl sites for hydroxylation is 2. The molecule has 2 nitrogen and oxygen atoms in total. The van der Waals surface area contributed by atoms with Gasteiger partial charge in [0.1, 0.15) is 0 Å². The van der Waals surface area contributed by atoms with Crippen LogP contribution < -0.4 is 11.5 Å². The largest absolute Gasteiger partial charge is 0.399 e. The van der Waals surface area contributed by atoms with E-state index in [1.807, 2.05) is 12.1 Å². The third kappa shape index (κ3) is 2.33. The van der Waals surface area contributed by atoms with Gasteiger partial charge in [-0.15, -0.1) is 0 Å². The summed E-state index contributed by atoms with van der Waals surface area (Å²) >= 11 is 0. The second-order valence-electron chi connectivity index (χ2n) is 4.54. The van der Waals surface area contributed by atoms with Gasteiger partial charge in [-0.25, -0.2) is 0 Å². The standard InChI is InChI=1S/C16H20N2/c1-3-11-9-13(17)5-7-15(11)16-8-6-14(18)10-12(16)4-2/h5-10H,3-4,17-18H2,1-2H3. The highest BCUT2D eigenvalue weighted by atomic mass is 14.5. The Bertz CT molecular complexity index is 508. The fourth-order valence-electron chi connectivity index (χ4n) is 2.34. The molecule has 2 rings (SSSR count). The first-order chi connectivity index (χ1) is 8.65. The van der Waals surface area contributed by atoms with Crippen LogP contribution in [0.15, 0.2) is 36.4 Å². The third-order valence-corrected chi connectivity index (χ3v) is 3.31. The highest BCUT2D eigenvalue weighted by Gasteiger charge is 2.08. The van der Waals surface area contributed by atoms with Crippen molar-refractivity contribution in [3.8, 4) is 11.1 Å². The number of hydrogen-bond donors (Lipinski definition) is 2. The minimum Gasteiger partial charge on any atom is -0.399 e. The van der Waals surface area contributed by atoms with E-state index in [9.17, 15) is 0 Å². The number of anilines is 2. The summed E-state index contributed by atoms with van der Waals surface area (Å²) in [6.07, 6.45) is 1.96. The maximum Gasteiger partial charge on any atom is 0.0317 e. The summed E-state index contributed by atoms with van der Waals surface area (Å²) in [5.74, 6) is 0. The van der Waals surface area contributed by atoms with Crippen molar-refractivity contribution in [3.63, 3.8) is 0 Å². The van der Waals surface area contributed by atoms with Crippen molar-refractivity contribution >= 4 is 11.4 Å². The molecule has 0 heterocycles. The second-order valence-corrected chi connectivity index (χ2v) is 4.54. The van der Waals surface area contributed by atoms with Gasteiger partial charge >= 0.3 is 0 Å². The summed E-state index contributed by atoms with van der Waals surface area (Å²) in [6, 6.07) is 12.3.